The van der Waals surface area contributed by atoms with Crippen molar-refractivity contribution in [2.75, 3.05) is 33.9 Å². The lowest BCUT2D eigenvalue weighted by molar-refractivity contribution is 0.153. The molecule has 0 amide bonds. The minimum absolute atomic E-state index is 0.304. The van der Waals surface area contributed by atoms with Gasteiger partial charge in [-0.05, 0) is 19.3 Å². The number of rotatable bonds is 6. The minimum Gasteiger partial charge on any atom is -0.377 e. The van der Waals surface area contributed by atoms with E-state index >= 15 is 0 Å². The Morgan fingerprint density at radius 2 is 2.40 bits per heavy atom. The molecule has 8 nitrogen and oxygen atoms in total. The van der Waals surface area contributed by atoms with Gasteiger partial charge in [0.2, 0.25) is 0 Å². The SMILES string of the molecule is CN=C(NCCC1=CCOCC1)NC1CCc2nc(COC)nn2C1. The second-order valence-electron chi connectivity index (χ2n) is 6.38. The number of nitrogens with one attached hydrogen (secondary N) is 2. The number of aromatic nitrogens is 3. The van der Waals surface area contributed by atoms with Crippen LogP contribution in [0.3, 0.4) is 0 Å². The third kappa shape index (κ3) is 5.02. The van der Waals surface area contributed by atoms with Gasteiger partial charge in [0.05, 0.1) is 19.8 Å². The maximum absolute atomic E-state index is 5.34. The molecule has 0 radical (unpaired) electrons. The molecule has 0 aliphatic carbocycles. The summed E-state index contributed by atoms with van der Waals surface area (Å²) in [5.41, 5.74) is 1.46. The Labute approximate surface area is 148 Å². The van der Waals surface area contributed by atoms with Crippen LogP contribution in [-0.4, -0.2) is 60.7 Å². The van der Waals surface area contributed by atoms with Gasteiger partial charge in [-0.2, -0.15) is 5.10 Å². The second-order valence-corrected chi connectivity index (χ2v) is 6.38. The van der Waals surface area contributed by atoms with E-state index in [2.05, 4.69) is 31.8 Å². The molecule has 2 aliphatic heterocycles. The first-order valence-corrected chi connectivity index (χ1v) is 8.93. The topological polar surface area (TPSA) is 85.6 Å². The quantitative estimate of drug-likeness (QED) is 0.446. The zero-order valence-corrected chi connectivity index (χ0v) is 15.1. The Hall–Kier alpha value is -1.93. The van der Waals surface area contributed by atoms with Crippen LogP contribution in [0.1, 0.15) is 30.9 Å². The Balaban J connectivity index is 1.46. The van der Waals surface area contributed by atoms with Crippen molar-refractivity contribution in [2.45, 2.75) is 44.9 Å². The van der Waals surface area contributed by atoms with Crippen LogP contribution in [0.4, 0.5) is 0 Å². The molecule has 25 heavy (non-hydrogen) atoms. The standard InChI is InChI=1S/C17H28N6O2/c1-18-17(19-8-5-13-6-9-25-10-7-13)20-14-3-4-16-21-15(12-24-2)22-23(16)11-14/h6,14H,3-5,7-12H2,1-2H3,(H2,18,19,20). The highest BCUT2D eigenvalue weighted by Gasteiger charge is 2.22. The van der Waals surface area contributed by atoms with Crippen LogP contribution in [0.5, 0.6) is 0 Å². The minimum atomic E-state index is 0.304. The van der Waals surface area contributed by atoms with Gasteiger partial charge in [-0.1, -0.05) is 11.6 Å². The van der Waals surface area contributed by atoms with Crippen molar-refractivity contribution in [3.8, 4) is 0 Å². The van der Waals surface area contributed by atoms with E-state index in [1.807, 2.05) is 11.7 Å². The van der Waals surface area contributed by atoms with E-state index in [4.69, 9.17) is 9.47 Å². The first-order chi connectivity index (χ1) is 12.3. The molecule has 2 N–H and O–H groups in total. The summed E-state index contributed by atoms with van der Waals surface area (Å²) in [6.07, 6.45) is 6.19. The van der Waals surface area contributed by atoms with Crippen molar-refractivity contribution >= 4 is 5.96 Å². The molecule has 1 aromatic heterocycles. The average molecular weight is 348 g/mol. The lowest BCUT2D eigenvalue weighted by atomic mass is 10.1. The lowest BCUT2D eigenvalue weighted by Gasteiger charge is -2.25. The van der Waals surface area contributed by atoms with Gasteiger partial charge in [-0.25, -0.2) is 9.67 Å². The lowest BCUT2D eigenvalue weighted by Crippen LogP contribution is -2.47. The number of nitrogens with zero attached hydrogens (tertiary/aromatic N) is 4. The van der Waals surface area contributed by atoms with Crippen molar-refractivity contribution in [1.82, 2.24) is 25.4 Å². The average Bonchev–Trinajstić information content (AvgIpc) is 3.03. The summed E-state index contributed by atoms with van der Waals surface area (Å²) in [6, 6.07) is 0.304. The zero-order valence-electron chi connectivity index (χ0n) is 15.1. The van der Waals surface area contributed by atoms with Crippen molar-refractivity contribution < 1.29 is 9.47 Å². The molecule has 0 saturated heterocycles. The van der Waals surface area contributed by atoms with Crippen LogP contribution in [0.2, 0.25) is 0 Å². The highest BCUT2D eigenvalue weighted by Crippen LogP contribution is 2.14. The maximum atomic E-state index is 5.34. The van der Waals surface area contributed by atoms with Crippen molar-refractivity contribution in [2.24, 2.45) is 4.99 Å². The van der Waals surface area contributed by atoms with Crippen LogP contribution in [0.25, 0.3) is 0 Å². The van der Waals surface area contributed by atoms with Gasteiger partial charge in [-0.15, -0.1) is 0 Å². The molecular formula is C17H28N6O2. The van der Waals surface area contributed by atoms with Crippen molar-refractivity contribution in [3.05, 3.63) is 23.3 Å². The fourth-order valence-electron chi connectivity index (χ4n) is 3.19. The highest BCUT2D eigenvalue weighted by atomic mass is 16.5. The van der Waals surface area contributed by atoms with E-state index in [0.29, 0.717) is 12.6 Å². The molecule has 1 atom stereocenters. The Morgan fingerprint density at radius 3 is 3.16 bits per heavy atom. The summed E-state index contributed by atoms with van der Waals surface area (Å²) in [5.74, 6) is 2.64. The summed E-state index contributed by atoms with van der Waals surface area (Å²) in [4.78, 5) is 8.85. The van der Waals surface area contributed by atoms with Gasteiger partial charge in [0, 0.05) is 33.2 Å². The fraction of sp³-hybridized carbons (Fsp3) is 0.706. The summed E-state index contributed by atoms with van der Waals surface area (Å²) >= 11 is 0. The van der Waals surface area contributed by atoms with Crippen LogP contribution in [0, 0.1) is 0 Å². The first kappa shape index (κ1) is 17.9. The van der Waals surface area contributed by atoms with E-state index in [0.717, 1.165) is 69.6 Å². The zero-order chi connectivity index (χ0) is 17.5. The Kier molecular flexibility index (Phi) is 6.41. The summed E-state index contributed by atoms with van der Waals surface area (Å²) < 4.78 is 12.4. The third-order valence-corrected chi connectivity index (χ3v) is 4.54. The molecule has 2 aliphatic rings. The smallest absolute Gasteiger partial charge is 0.191 e. The molecule has 0 saturated carbocycles. The van der Waals surface area contributed by atoms with E-state index in [1.54, 1.807) is 7.11 Å². The summed E-state index contributed by atoms with van der Waals surface area (Å²) in [7, 11) is 3.47. The molecule has 0 spiro atoms. The Morgan fingerprint density at radius 1 is 1.48 bits per heavy atom. The van der Waals surface area contributed by atoms with Gasteiger partial charge >= 0.3 is 0 Å². The molecule has 1 unspecified atom stereocenters. The van der Waals surface area contributed by atoms with E-state index in [1.165, 1.54) is 5.57 Å². The molecule has 3 heterocycles. The molecular weight excluding hydrogens is 320 g/mol. The second kappa shape index (κ2) is 8.96. The number of aliphatic imine (C=N–C) groups is 1. The molecule has 1 aromatic rings. The predicted molar refractivity (Wildman–Crippen MR) is 95.5 cm³/mol. The number of methoxy groups -OCH3 is 1. The van der Waals surface area contributed by atoms with Gasteiger partial charge in [0.1, 0.15) is 12.4 Å². The van der Waals surface area contributed by atoms with Crippen LogP contribution in [0.15, 0.2) is 16.6 Å². The monoisotopic (exact) mass is 348 g/mol. The largest absolute Gasteiger partial charge is 0.377 e. The highest BCUT2D eigenvalue weighted by molar-refractivity contribution is 5.79. The number of fused-ring (bicyclic) bond motifs is 1. The van der Waals surface area contributed by atoms with Gasteiger partial charge in [-0.3, -0.25) is 4.99 Å². The third-order valence-electron chi connectivity index (χ3n) is 4.54. The van der Waals surface area contributed by atoms with Crippen LogP contribution < -0.4 is 10.6 Å². The van der Waals surface area contributed by atoms with Gasteiger partial charge in [0.25, 0.3) is 0 Å². The summed E-state index contributed by atoms with van der Waals surface area (Å²) in [6.45, 7) is 3.73. The van der Waals surface area contributed by atoms with Crippen molar-refractivity contribution in [1.29, 1.82) is 0 Å². The normalized spacial score (nSPS) is 20.8. The number of hydrogen-bond donors (Lipinski definition) is 2. The predicted octanol–water partition coefficient (Wildman–Crippen LogP) is 0.641. The number of aryl methyl sites for hydroxylation is 1. The molecule has 3 rings (SSSR count). The Bertz CT molecular complexity index is 625. The van der Waals surface area contributed by atoms with Crippen LogP contribution >= 0.6 is 0 Å². The van der Waals surface area contributed by atoms with E-state index in [9.17, 15) is 0 Å². The summed E-state index contributed by atoms with van der Waals surface area (Å²) in [5, 5.41) is 11.4. The van der Waals surface area contributed by atoms with Crippen LogP contribution in [-0.2, 0) is 29.0 Å². The maximum Gasteiger partial charge on any atom is 0.191 e. The van der Waals surface area contributed by atoms with Gasteiger partial charge in [0.15, 0.2) is 11.8 Å². The molecule has 0 aromatic carbocycles. The first-order valence-electron chi connectivity index (χ1n) is 8.93. The molecule has 8 heteroatoms. The number of ether oxygens (including phenoxy) is 2. The van der Waals surface area contributed by atoms with Crippen molar-refractivity contribution in [3.63, 3.8) is 0 Å². The molecule has 0 fully saturated rings. The fourth-order valence-corrected chi connectivity index (χ4v) is 3.19. The number of guanidine groups is 1. The van der Waals surface area contributed by atoms with Gasteiger partial charge < -0.3 is 20.1 Å². The number of hydrogen-bond acceptors (Lipinski definition) is 5. The molecule has 138 valence electrons. The van der Waals surface area contributed by atoms with E-state index in [-0.39, 0.29) is 0 Å². The van der Waals surface area contributed by atoms with E-state index < -0.39 is 0 Å². The molecule has 0 bridgehead atoms.